The molecule has 3 saturated carbocycles. The molecule has 3 aliphatic carbocycles. The predicted molar refractivity (Wildman–Crippen MR) is 101 cm³/mol. The molecule has 0 radical (unpaired) electrons. The number of hydrogen-bond acceptors (Lipinski definition) is 4. The van der Waals surface area contributed by atoms with E-state index in [9.17, 15) is 14.0 Å². The van der Waals surface area contributed by atoms with E-state index in [4.69, 9.17) is 27.9 Å². The Morgan fingerprint density at radius 3 is 2.50 bits per heavy atom. The van der Waals surface area contributed by atoms with Crippen molar-refractivity contribution in [3.63, 3.8) is 0 Å². The van der Waals surface area contributed by atoms with E-state index < -0.39 is 5.82 Å². The Labute approximate surface area is 170 Å². The van der Waals surface area contributed by atoms with Gasteiger partial charge in [0.1, 0.15) is 17.3 Å². The third-order valence-corrected chi connectivity index (χ3v) is 5.66. The lowest BCUT2D eigenvalue weighted by molar-refractivity contribution is -0.141. The van der Waals surface area contributed by atoms with Crippen LogP contribution in [0.3, 0.4) is 0 Å². The van der Waals surface area contributed by atoms with Gasteiger partial charge >= 0.3 is 0 Å². The number of amides is 2. The molecule has 9 heteroatoms. The number of aromatic nitrogens is 1. The largest absolute Gasteiger partial charge is 0.484 e. The fraction of sp³-hybridized carbons (Fsp3) is 0.316. The molecule has 1 aromatic heterocycles. The van der Waals surface area contributed by atoms with Crippen LogP contribution in [0.15, 0.2) is 36.5 Å². The molecule has 1 heterocycles. The molecule has 1 aromatic carbocycles. The Hall–Kier alpha value is -2.38. The number of nitrogens with one attached hydrogen (secondary N) is 2. The molecule has 2 N–H and O–H groups in total. The van der Waals surface area contributed by atoms with Gasteiger partial charge in [0.15, 0.2) is 6.61 Å². The van der Waals surface area contributed by atoms with Crippen molar-refractivity contribution in [1.29, 1.82) is 0 Å². The normalized spacial score (nSPS) is 24.5. The second-order valence-corrected chi connectivity index (χ2v) is 8.11. The standard InChI is InChI=1S/C19H16Cl2FN3O3/c20-12-4-3-11(6-14(12)22)28-7-15(26)24-18-8-19(9-18,10-18)25-17(27)16-13(21)2-1-5-23-16/h1-6H,7-10H2,(H,24,26)(H,25,27). The summed E-state index contributed by atoms with van der Waals surface area (Å²) in [5, 5.41) is 6.18. The van der Waals surface area contributed by atoms with Crippen molar-refractivity contribution in [3.8, 4) is 5.75 Å². The topological polar surface area (TPSA) is 80.3 Å². The van der Waals surface area contributed by atoms with Crippen molar-refractivity contribution >= 4 is 35.0 Å². The average molecular weight is 424 g/mol. The minimum Gasteiger partial charge on any atom is -0.484 e. The third-order valence-electron chi connectivity index (χ3n) is 5.05. The molecule has 2 amide bonds. The van der Waals surface area contributed by atoms with Crippen LogP contribution in [0.5, 0.6) is 5.75 Å². The van der Waals surface area contributed by atoms with Gasteiger partial charge in [-0.2, -0.15) is 0 Å². The van der Waals surface area contributed by atoms with E-state index in [2.05, 4.69) is 15.6 Å². The van der Waals surface area contributed by atoms with E-state index in [1.165, 1.54) is 18.3 Å². The van der Waals surface area contributed by atoms with Gasteiger partial charge in [0, 0.05) is 23.3 Å². The summed E-state index contributed by atoms with van der Waals surface area (Å²) in [5.41, 5.74) is -0.464. The molecule has 3 aliphatic rings. The van der Waals surface area contributed by atoms with Crippen molar-refractivity contribution in [2.45, 2.75) is 30.3 Å². The van der Waals surface area contributed by atoms with Crippen LogP contribution in [-0.4, -0.2) is 34.5 Å². The molecule has 0 spiro atoms. The number of benzene rings is 1. The van der Waals surface area contributed by atoms with Gasteiger partial charge in [-0.25, -0.2) is 9.37 Å². The number of carbonyl (C=O) groups excluding carboxylic acids is 2. The molecule has 0 saturated heterocycles. The molecule has 5 rings (SSSR count). The molecule has 2 aromatic rings. The summed E-state index contributed by atoms with van der Waals surface area (Å²) < 4.78 is 18.7. The van der Waals surface area contributed by atoms with Gasteiger partial charge in [0.2, 0.25) is 0 Å². The van der Waals surface area contributed by atoms with E-state index >= 15 is 0 Å². The lowest BCUT2D eigenvalue weighted by Gasteiger charge is -2.70. The number of rotatable bonds is 6. The van der Waals surface area contributed by atoms with E-state index in [1.807, 2.05) is 0 Å². The van der Waals surface area contributed by atoms with Gasteiger partial charge in [-0.3, -0.25) is 9.59 Å². The fourth-order valence-corrected chi connectivity index (χ4v) is 4.28. The quantitative estimate of drug-likeness (QED) is 0.747. The Morgan fingerprint density at radius 1 is 1.11 bits per heavy atom. The zero-order chi connectivity index (χ0) is 19.9. The molecule has 28 heavy (non-hydrogen) atoms. The van der Waals surface area contributed by atoms with Crippen molar-refractivity contribution in [3.05, 3.63) is 58.1 Å². The third kappa shape index (κ3) is 3.52. The maximum atomic E-state index is 13.4. The average Bonchev–Trinajstić information content (AvgIpc) is 2.60. The molecule has 146 valence electrons. The van der Waals surface area contributed by atoms with Gasteiger partial charge in [-0.05, 0) is 43.5 Å². The smallest absolute Gasteiger partial charge is 0.271 e. The summed E-state index contributed by atoms with van der Waals surface area (Å²) in [7, 11) is 0. The Balaban J connectivity index is 1.25. The molecular formula is C19H16Cl2FN3O3. The van der Waals surface area contributed by atoms with E-state index in [0.717, 1.165) is 6.07 Å². The summed E-state index contributed by atoms with van der Waals surface area (Å²) in [6, 6.07) is 7.26. The summed E-state index contributed by atoms with van der Waals surface area (Å²) in [5.74, 6) is -1.00. The van der Waals surface area contributed by atoms with Gasteiger partial charge < -0.3 is 15.4 Å². The summed E-state index contributed by atoms with van der Waals surface area (Å²) in [6.45, 7) is -0.230. The van der Waals surface area contributed by atoms with Crippen molar-refractivity contribution in [1.82, 2.24) is 15.6 Å². The second-order valence-electron chi connectivity index (χ2n) is 7.29. The van der Waals surface area contributed by atoms with Crippen LogP contribution in [0, 0.1) is 5.82 Å². The minimum atomic E-state index is -0.607. The molecule has 3 fully saturated rings. The predicted octanol–water partition coefficient (Wildman–Crippen LogP) is 3.13. The van der Waals surface area contributed by atoms with E-state index in [0.29, 0.717) is 24.3 Å². The highest BCUT2D eigenvalue weighted by Crippen LogP contribution is 2.60. The Morgan fingerprint density at radius 2 is 1.82 bits per heavy atom. The molecule has 0 unspecified atom stereocenters. The van der Waals surface area contributed by atoms with Crippen molar-refractivity contribution < 1.29 is 18.7 Å². The van der Waals surface area contributed by atoms with Crippen LogP contribution in [0.4, 0.5) is 4.39 Å². The highest BCUT2D eigenvalue weighted by molar-refractivity contribution is 6.33. The molecule has 2 bridgehead atoms. The van der Waals surface area contributed by atoms with Crippen molar-refractivity contribution in [2.75, 3.05) is 6.61 Å². The maximum Gasteiger partial charge on any atom is 0.271 e. The molecule has 6 nitrogen and oxygen atoms in total. The number of nitrogens with zero attached hydrogens (tertiary/aromatic N) is 1. The first-order valence-corrected chi connectivity index (χ1v) is 9.37. The van der Waals surface area contributed by atoms with Crippen LogP contribution in [0.1, 0.15) is 29.8 Å². The number of carbonyl (C=O) groups is 2. The fourth-order valence-electron chi connectivity index (χ4n) is 3.95. The lowest BCUT2D eigenvalue weighted by Crippen LogP contribution is -2.84. The van der Waals surface area contributed by atoms with Gasteiger partial charge in [0.05, 0.1) is 10.0 Å². The van der Waals surface area contributed by atoms with Crippen LogP contribution in [0.25, 0.3) is 0 Å². The summed E-state index contributed by atoms with van der Waals surface area (Å²) >= 11 is 11.6. The van der Waals surface area contributed by atoms with Gasteiger partial charge in [0.25, 0.3) is 11.8 Å². The zero-order valence-electron chi connectivity index (χ0n) is 14.6. The van der Waals surface area contributed by atoms with Crippen molar-refractivity contribution in [2.24, 2.45) is 0 Å². The number of hydrogen-bond donors (Lipinski definition) is 2. The summed E-state index contributed by atoms with van der Waals surface area (Å²) in [4.78, 5) is 28.5. The van der Waals surface area contributed by atoms with Crippen LogP contribution >= 0.6 is 23.2 Å². The molecule has 0 aliphatic heterocycles. The molecular weight excluding hydrogens is 408 g/mol. The first-order valence-electron chi connectivity index (χ1n) is 8.62. The van der Waals surface area contributed by atoms with E-state index in [1.54, 1.807) is 12.1 Å². The van der Waals surface area contributed by atoms with E-state index in [-0.39, 0.29) is 46.0 Å². The highest BCUT2D eigenvalue weighted by Gasteiger charge is 2.69. The van der Waals surface area contributed by atoms with Crippen LogP contribution in [0.2, 0.25) is 10.0 Å². The number of halogens is 3. The second kappa shape index (κ2) is 6.90. The van der Waals surface area contributed by atoms with Gasteiger partial charge in [-0.1, -0.05) is 23.2 Å². The van der Waals surface area contributed by atoms with Crippen LogP contribution in [-0.2, 0) is 4.79 Å². The Kier molecular flexibility index (Phi) is 4.67. The number of pyridine rings is 1. The lowest BCUT2D eigenvalue weighted by atomic mass is 9.44. The first kappa shape index (κ1) is 19.0. The monoisotopic (exact) mass is 423 g/mol. The van der Waals surface area contributed by atoms with Gasteiger partial charge in [-0.15, -0.1) is 0 Å². The zero-order valence-corrected chi connectivity index (χ0v) is 16.1. The minimum absolute atomic E-state index is 0.00926. The molecule has 0 atom stereocenters. The maximum absolute atomic E-state index is 13.4. The SMILES string of the molecule is O=C(COc1ccc(Cl)c(F)c1)NC12CC(NC(=O)c3ncccc3Cl)(C1)C2. The Bertz CT molecular complexity index is 949. The first-order chi connectivity index (χ1) is 13.3. The summed E-state index contributed by atoms with van der Waals surface area (Å²) in [6.07, 6.45) is 3.42. The number of ether oxygens (including phenoxy) is 1. The van der Waals surface area contributed by atoms with Crippen LogP contribution < -0.4 is 15.4 Å². The highest BCUT2D eigenvalue weighted by atomic mass is 35.5.